The van der Waals surface area contributed by atoms with Crippen molar-refractivity contribution in [1.82, 2.24) is 5.32 Å². The molecule has 1 aliphatic heterocycles. The molecule has 0 aliphatic carbocycles. The van der Waals surface area contributed by atoms with Gasteiger partial charge in [-0.15, -0.1) is 0 Å². The number of rotatable bonds is 5. The third-order valence-electron chi connectivity index (χ3n) is 2.00. The predicted molar refractivity (Wildman–Crippen MR) is 65.0 cm³/mol. The van der Waals surface area contributed by atoms with Gasteiger partial charge in [0.15, 0.2) is 5.17 Å². The molecule has 0 bridgehead atoms. The highest BCUT2D eigenvalue weighted by Crippen LogP contribution is 2.15. The van der Waals surface area contributed by atoms with Crippen LogP contribution in [-0.2, 0) is 0 Å². The molecule has 0 saturated carbocycles. The highest BCUT2D eigenvalue weighted by Gasteiger charge is 2.17. The zero-order chi connectivity index (χ0) is 9.52. The highest BCUT2D eigenvalue weighted by atomic mass is 32.2. The van der Waals surface area contributed by atoms with Gasteiger partial charge in [-0.25, -0.2) is 0 Å². The Hall–Kier alpha value is 0.170. The van der Waals surface area contributed by atoms with Crippen molar-refractivity contribution in [2.24, 2.45) is 4.99 Å². The Morgan fingerprint density at radius 2 is 2.54 bits per heavy atom. The Bertz CT molecular complexity index is 171. The lowest BCUT2D eigenvalue weighted by Gasteiger charge is -2.04. The molecule has 76 valence electrons. The minimum Gasteiger partial charge on any atom is -0.361 e. The van der Waals surface area contributed by atoms with Gasteiger partial charge in [0.05, 0.1) is 0 Å². The fourth-order valence-corrected chi connectivity index (χ4v) is 2.67. The molecule has 1 saturated heterocycles. The van der Waals surface area contributed by atoms with Crippen molar-refractivity contribution < 1.29 is 0 Å². The van der Waals surface area contributed by atoms with Crippen LogP contribution in [0.3, 0.4) is 0 Å². The monoisotopic (exact) mass is 218 g/mol. The second kappa shape index (κ2) is 6.60. The quantitative estimate of drug-likeness (QED) is 0.716. The summed E-state index contributed by atoms with van der Waals surface area (Å²) in [6.45, 7) is 3.20. The fraction of sp³-hybridized carbons (Fsp3) is 0.889. The Morgan fingerprint density at radius 1 is 1.69 bits per heavy atom. The second-order valence-electron chi connectivity index (χ2n) is 3.09. The first kappa shape index (κ1) is 11.2. The highest BCUT2D eigenvalue weighted by molar-refractivity contribution is 8.14. The molecule has 0 aromatic rings. The van der Waals surface area contributed by atoms with E-state index in [-0.39, 0.29) is 0 Å². The molecule has 1 rings (SSSR count). The van der Waals surface area contributed by atoms with Crippen LogP contribution >= 0.6 is 23.5 Å². The van der Waals surface area contributed by atoms with Gasteiger partial charge in [0.25, 0.3) is 0 Å². The lowest BCUT2D eigenvalue weighted by molar-refractivity contribution is 0.666. The lowest BCUT2D eigenvalue weighted by atomic mass is 10.3. The SMILES string of the molecule is CCC1CSC(=NCCCSC)N1. The van der Waals surface area contributed by atoms with Crippen LogP contribution in [0.2, 0.25) is 0 Å². The Kier molecular flexibility index (Phi) is 5.71. The normalized spacial score (nSPS) is 25.1. The van der Waals surface area contributed by atoms with Crippen LogP contribution in [-0.4, -0.2) is 35.5 Å². The second-order valence-corrected chi connectivity index (χ2v) is 5.09. The number of amidine groups is 1. The minimum absolute atomic E-state index is 0.657. The molecule has 0 spiro atoms. The van der Waals surface area contributed by atoms with Crippen LogP contribution in [0.5, 0.6) is 0 Å². The Balaban J connectivity index is 2.13. The maximum Gasteiger partial charge on any atom is 0.156 e. The van der Waals surface area contributed by atoms with Gasteiger partial charge < -0.3 is 5.32 Å². The summed E-state index contributed by atoms with van der Waals surface area (Å²) in [4.78, 5) is 4.51. The smallest absolute Gasteiger partial charge is 0.156 e. The summed E-state index contributed by atoms with van der Waals surface area (Å²) in [7, 11) is 0. The molecular formula is C9H18N2S2. The topological polar surface area (TPSA) is 24.4 Å². The summed E-state index contributed by atoms with van der Waals surface area (Å²) in [6.07, 6.45) is 4.54. The van der Waals surface area contributed by atoms with E-state index in [0.717, 1.165) is 11.7 Å². The van der Waals surface area contributed by atoms with E-state index in [2.05, 4.69) is 23.5 Å². The van der Waals surface area contributed by atoms with Crippen molar-refractivity contribution >= 4 is 28.7 Å². The van der Waals surface area contributed by atoms with E-state index in [1.54, 1.807) is 0 Å². The van der Waals surface area contributed by atoms with Crippen LogP contribution in [0.1, 0.15) is 19.8 Å². The fourth-order valence-electron chi connectivity index (χ4n) is 1.14. The van der Waals surface area contributed by atoms with Crippen LogP contribution in [0.25, 0.3) is 0 Å². The van der Waals surface area contributed by atoms with Gasteiger partial charge >= 0.3 is 0 Å². The van der Waals surface area contributed by atoms with E-state index in [4.69, 9.17) is 0 Å². The molecular weight excluding hydrogens is 200 g/mol. The van der Waals surface area contributed by atoms with E-state index in [9.17, 15) is 0 Å². The maximum atomic E-state index is 4.51. The van der Waals surface area contributed by atoms with Crippen molar-refractivity contribution in [3.8, 4) is 0 Å². The van der Waals surface area contributed by atoms with Crippen molar-refractivity contribution in [3.05, 3.63) is 0 Å². The first-order chi connectivity index (χ1) is 6.36. The van der Waals surface area contributed by atoms with Crippen molar-refractivity contribution in [1.29, 1.82) is 0 Å². The van der Waals surface area contributed by atoms with E-state index >= 15 is 0 Å². The van der Waals surface area contributed by atoms with Gasteiger partial charge in [-0.3, -0.25) is 4.99 Å². The Morgan fingerprint density at radius 3 is 3.15 bits per heavy atom. The van der Waals surface area contributed by atoms with Gasteiger partial charge in [0.2, 0.25) is 0 Å². The molecule has 1 aliphatic rings. The number of nitrogens with zero attached hydrogens (tertiary/aromatic N) is 1. The summed E-state index contributed by atoms with van der Waals surface area (Å²) in [5, 5.41) is 4.58. The molecule has 13 heavy (non-hydrogen) atoms. The average molecular weight is 218 g/mol. The first-order valence-electron chi connectivity index (χ1n) is 4.79. The number of thioether (sulfide) groups is 2. The number of nitrogens with one attached hydrogen (secondary N) is 1. The summed E-state index contributed by atoms with van der Waals surface area (Å²) in [6, 6.07) is 0.657. The van der Waals surface area contributed by atoms with E-state index in [1.165, 1.54) is 24.3 Å². The van der Waals surface area contributed by atoms with E-state index in [0.29, 0.717) is 6.04 Å². The number of aliphatic imine (C=N–C) groups is 1. The standard InChI is InChI=1S/C9H18N2S2/c1-3-8-7-13-9(11-8)10-5-4-6-12-2/h8H,3-7H2,1-2H3,(H,10,11). The molecule has 1 atom stereocenters. The Labute approximate surface area is 89.3 Å². The van der Waals surface area contributed by atoms with Gasteiger partial charge in [0, 0.05) is 18.3 Å². The molecule has 2 nitrogen and oxygen atoms in total. The third kappa shape index (κ3) is 4.27. The van der Waals surface area contributed by atoms with Gasteiger partial charge in [-0.1, -0.05) is 18.7 Å². The van der Waals surface area contributed by atoms with Crippen LogP contribution in [0, 0.1) is 0 Å². The summed E-state index contributed by atoms with van der Waals surface area (Å²) in [5.74, 6) is 2.41. The number of hydrogen-bond acceptors (Lipinski definition) is 3. The van der Waals surface area contributed by atoms with Crippen LogP contribution < -0.4 is 5.32 Å². The zero-order valence-electron chi connectivity index (χ0n) is 8.38. The molecule has 1 heterocycles. The third-order valence-corrected chi connectivity index (χ3v) is 3.79. The molecule has 4 heteroatoms. The average Bonchev–Trinajstić information content (AvgIpc) is 2.60. The summed E-state index contributed by atoms with van der Waals surface area (Å²) >= 11 is 3.76. The molecule has 1 unspecified atom stereocenters. The molecule has 0 radical (unpaired) electrons. The minimum atomic E-state index is 0.657. The van der Waals surface area contributed by atoms with Crippen LogP contribution in [0.15, 0.2) is 4.99 Å². The lowest BCUT2D eigenvalue weighted by Crippen LogP contribution is -2.25. The van der Waals surface area contributed by atoms with E-state index in [1.807, 2.05) is 23.5 Å². The molecule has 0 aromatic carbocycles. The van der Waals surface area contributed by atoms with Crippen LogP contribution in [0.4, 0.5) is 0 Å². The molecule has 0 aromatic heterocycles. The largest absolute Gasteiger partial charge is 0.361 e. The summed E-state index contributed by atoms with van der Waals surface area (Å²) in [5.41, 5.74) is 0. The molecule has 0 amide bonds. The van der Waals surface area contributed by atoms with Gasteiger partial charge in [-0.2, -0.15) is 11.8 Å². The first-order valence-corrected chi connectivity index (χ1v) is 7.17. The van der Waals surface area contributed by atoms with Crippen molar-refractivity contribution in [3.63, 3.8) is 0 Å². The summed E-state index contributed by atoms with van der Waals surface area (Å²) < 4.78 is 0. The van der Waals surface area contributed by atoms with Gasteiger partial charge in [0.1, 0.15) is 0 Å². The predicted octanol–water partition coefficient (Wildman–Crippen LogP) is 2.21. The van der Waals surface area contributed by atoms with Crippen molar-refractivity contribution in [2.75, 3.05) is 24.3 Å². The molecule has 1 N–H and O–H groups in total. The van der Waals surface area contributed by atoms with Crippen molar-refractivity contribution in [2.45, 2.75) is 25.8 Å². The zero-order valence-corrected chi connectivity index (χ0v) is 10.0. The molecule has 1 fully saturated rings. The van der Waals surface area contributed by atoms with E-state index < -0.39 is 0 Å². The van der Waals surface area contributed by atoms with Gasteiger partial charge in [-0.05, 0) is 24.9 Å². The number of hydrogen-bond donors (Lipinski definition) is 1. The maximum absolute atomic E-state index is 4.51.